The largest absolute Gasteiger partial charge is 0.325 e. The predicted molar refractivity (Wildman–Crippen MR) is 87.3 cm³/mol. The number of para-hydroxylation sites is 1. The second kappa shape index (κ2) is 6.43. The van der Waals surface area contributed by atoms with Crippen molar-refractivity contribution in [3.8, 4) is 0 Å². The Balaban J connectivity index is 3.24. The molecule has 1 aromatic rings. The molecule has 1 N–H and O–H groups in total. The summed E-state index contributed by atoms with van der Waals surface area (Å²) < 4.78 is 0. The first-order valence-electron chi connectivity index (χ1n) is 7.65. The highest BCUT2D eigenvalue weighted by Crippen LogP contribution is 2.34. The second-order valence-corrected chi connectivity index (χ2v) is 6.81. The minimum atomic E-state index is -0.335. The van der Waals surface area contributed by atoms with E-state index in [1.807, 2.05) is 13.8 Å². The molecule has 0 aliphatic rings. The molecule has 0 aliphatic heterocycles. The molecule has 112 valence electrons. The van der Waals surface area contributed by atoms with Crippen LogP contribution in [0.2, 0.25) is 0 Å². The van der Waals surface area contributed by atoms with Crippen molar-refractivity contribution >= 4 is 11.6 Å². The number of hydrogen-bond acceptors (Lipinski definition) is 1. The Morgan fingerprint density at radius 3 is 1.90 bits per heavy atom. The van der Waals surface area contributed by atoms with Gasteiger partial charge in [-0.1, -0.05) is 66.7 Å². The van der Waals surface area contributed by atoms with Crippen molar-refractivity contribution in [1.29, 1.82) is 0 Å². The molecule has 1 rings (SSSR count). The van der Waals surface area contributed by atoms with E-state index in [9.17, 15) is 4.79 Å². The SMILES string of the molecule is CCC(C)(C)C(=O)Nc1c(C(C)C)cccc1C(C)C. The molecule has 0 unspecified atom stereocenters. The van der Waals surface area contributed by atoms with Gasteiger partial charge >= 0.3 is 0 Å². The second-order valence-electron chi connectivity index (χ2n) is 6.81. The molecule has 0 saturated carbocycles. The van der Waals surface area contributed by atoms with Crippen LogP contribution < -0.4 is 5.32 Å². The van der Waals surface area contributed by atoms with Crippen LogP contribution in [0, 0.1) is 5.41 Å². The summed E-state index contributed by atoms with van der Waals surface area (Å²) in [6, 6.07) is 6.32. The van der Waals surface area contributed by atoms with E-state index in [1.54, 1.807) is 0 Å². The maximum atomic E-state index is 12.5. The minimum absolute atomic E-state index is 0.106. The summed E-state index contributed by atoms with van der Waals surface area (Å²) in [6.45, 7) is 14.7. The molecule has 1 aromatic carbocycles. The maximum Gasteiger partial charge on any atom is 0.230 e. The quantitative estimate of drug-likeness (QED) is 0.775. The highest BCUT2D eigenvalue weighted by molar-refractivity contribution is 5.96. The van der Waals surface area contributed by atoms with Crippen molar-refractivity contribution in [1.82, 2.24) is 0 Å². The predicted octanol–water partition coefficient (Wildman–Crippen LogP) is 5.31. The molecule has 0 aliphatic carbocycles. The van der Waals surface area contributed by atoms with Gasteiger partial charge in [0.25, 0.3) is 0 Å². The number of amides is 1. The van der Waals surface area contributed by atoms with E-state index in [-0.39, 0.29) is 11.3 Å². The van der Waals surface area contributed by atoms with Crippen LogP contribution in [-0.2, 0) is 4.79 Å². The zero-order chi connectivity index (χ0) is 15.5. The number of anilines is 1. The number of nitrogens with one attached hydrogen (secondary N) is 1. The molecular formula is C18H29NO. The first kappa shape index (κ1) is 16.7. The lowest BCUT2D eigenvalue weighted by molar-refractivity contribution is -0.124. The van der Waals surface area contributed by atoms with E-state index >= 15 is 0 Å². The van der Waals surface area contributed by atoms with Crippen LogP contribution in [0.5, 0.6) is 0 Å². The zero-order valence-corrected chi connectivity index (χ0v) is 14.0. The molecule has 1 amide bonds. The van der Waals surface area contributed by atoms with E-state index < -0.39 is 0 Å². The highest BCUT2D eigenvalue weighted by atomic mass is 16.2. The fourth-order valence-corrected chi connectivity index (χ4v) is 2.14. The van der Waals surface area contributed by atoms with Crippen molar-refractivity contribution in [3.05, 3.63) is 29.3 Å². The molecule has 0 bridgehead atoms. The van der Waals surface area contributed by atoms with E-state index in [0.29, 0.717) is 11.8 Å². The third-order valence-electron chi connectivity index (χ3n) is 4.11. The van der Waals surface area contributed by atoms with Crippen molar-refractivity contribution in [2.45, 2.75) is 66.7 Å². The summed E-state index contributed by atoms with van der Waals surface area (Å²) in [5.74, 6) is 0.900. The summed E-state index contributed by atoms with van der Waals surface area (Å²) in [7, 11) is 0. The van der Waals surface area contributed by atoms with Crippen molar-refractivity contribution in [3.63, 3.8) is 0 Å². The van der Waals surface area contributed by atoms with Gasteiger partial charge in [-0.3, -0.25) is 4.79 Å². The highest BCUT2D eigenvalue weighted by Gasteiger charge is 2.27. The van der Waals surface area contributed by atoms with Crippen LogP contribution in [0.15, 0.2) is 18.2 Å². The van der Waals surface area contributed by atoms with Gasteiger partial charge in [0, 0.05) is 11.1 Å². The van der Waals surface area contributed by atoms with Crippen LogP contribution in [-0.4, -0.2) is 5.91 Å². The molecule has 20 heavy (non-hydrogen) atoms. The summed E-state index contributed by atoms with van der Waals surface area (Å²) in [5.41, 5.74) is 3.12. The molecule has 0 heterocycles. The van der Waals surface area contributed by atoms with Gasteiger partial charge in [-0.2, -0.15) is 0 Å². The third-order valence-corrected chi connectivity index (χ3v) is 4.11. The van der Waals surface area contributed by atoms with Crippen molar-refractivity contribution in [2.24, 2.45) is 5.41 Å². The molecule has 0 saturated heterocycles. The Bertz CT molecular complexity index is 446. The van der Waals surface area contributed by atoms with Gasteiger partial charge in [0.15, 0.2) is 0 Å². The Morgan fingerprint density at radius 1 is 1.10 bits per heavy atom. The van der Waals surface area contributed by atoms with Gasteiger partial charge in [-0.15, -0.1) is 0 Å². The lowest BCUT2D eigenvalue weighted by Gasteiger charge is -2.26. The van der Waals surface area contributed by atoms with Crippen molar-refractivity contribution < 1.29 is 4.79 Å². The van der Waals surface area contributed by atoms with E-state index in [0.717, 1.165) is 12.1 Å². The lowest BCUT2D eigenvalue weighted by atomic mass is 9.87. The fourth-order valence-electron chi connectivity index (χ4n) is 2.14. The van der Waals surface area contributed by atoms with E-state index in [2.05, 4.69) is 58.1 Å². The average molecular weight is 275 g/mol. The normalized spacial score (nSPS) is 12.1. The van der Waals surface area contributed by atoms with Gasteiger partial charge in [-0.05, 0) is 29.4 Å². The smallest absolute Gasteiger partial charge is 0.230 e. The maximum absolute atomic E-state index is 12.5. The first-order chi connectivity index (χ1) is 9.20. The van der Waals surface area contributed by atoms with Crippen molar-refractivity contribution in [2.75, 3.05) is 5.32 Å². The van der Waals surface area contributed by atoms with Gasteiger partial charge in [-0.25, -0.2) is 0 Å². The van der Waals surface area contributed by atoms with Gasteiger partial charge < -0.3 is 5.32 Å². The average Bonchev–Trinajstić information content (AvgIpc) is 2.38. The first-order valence-corrected chi connectivity index (χ1v) is 7.65. The summed E-state index contributed by atoms with van der Waals surface area (Å²) >= 11 is 0. The number of carbonyl (C=O) groups excluding carboxylic acids is 1. The molecule has 0 aromatic heterocycles. The monoisotopic (exact) mass is 275 g/mol. The van der Waals surface area contributed by atoms with Crippen LogP contribution in [0.3, 0.4) is 0 Å². The van der Waals surface area contributed by atoms with Crippen LogP contribution in [0.1, 0.15) is 77.8 Å². The van der Waals surface area contributed by atoms with Gasteiger partial charge in [0.2, 0.25) is 5.91 Å². The molecule has 2 heteroatoms. The number of hydrogen-bond donors (Lipinski definition) is 1. The Morgan fingerprint density at radius 2 is 1.55 bits per heavy atom. The van der Waals surface area contributed by atoms with Crippen LogP contribution in [0.25, 0.3) is 0 Å². The third kappa shape index (κ3) is 3.62. The lowest BCUT2D eigenvalue weighted by Crippen LogP contribution is -2.31. The Hall–Kier alpha value is -1.31. The topological polar surface area (TPSA) is 29.1 Å². The van der Waals surface area contributed by atoms with E-state index in [4.69, 9.17) is 0 Å². The molecule has 0 radical (unpaired) electrons. The van der Waals surface area contributed by atoms with Crippen LogP contribution in [0.4, 0.5) is 5.69 Å². The standard InChI is InChI=1S/C18H29NO/c1-8-18(6,7)17(20)19-16-14(12(2)3)10-9-11-15(16)13(4)5/h9-13H,8H2,1-7H3,(H,19,20). The number of carbonyl (C=O) groups is 1. The Labute approximate surface area is 124 Å². The van der Waals surface area contributed by atoms with Gasteiger partial charge in [0.05, 0.1) is 0 Å². The molecule has 0 atom stereocenters. The Kier molecular flexibility index (Phi) is 5.38. The molecule has 0 fully saturated rings. The molecule has 2 nitrogen and oxygen atoms in total. The molecular weight excluding hydrogens is 246 g/mol. The number of rotatable bonds is 5. The van der Waals surface area contributed by atoms with Gasteiger partial charge in [0.1, 0.15) is 0 Å². The van der Waals surface area contributed by atoms with Crippen LogP contribution >= 0.6 is 0 Å². The summed E-state index contributed by atoms with van der Waals surface area (Å²) in [6.07, 6.45) is 0.833. The fraction of sp³-hybridized carbons (Fsp3) is 0.611. The minimum Gasteiger partial charge on any atom is -0.325 e. The zero-order valence-electron chi connectivity index (χ0n) is 14.0. The van der Waals surface area contributed by atoms with E-state index in [1.165, 1.54) is 11.1 Å². The summed E-state index contributed by atoms with van der Waals surface area (Å²) in [5, 5.41) is 3.19. The number of benzene rings is 1. The molecule has 0 spiro atoms. The summed E-state index contributed by atoms with van der Waals surface area (Å²) in [4.78, 5) is 12.5.